The van der Waals surface area contributed by atoms with Crippen LogP contribution < -0.4 is 9.46 Å². The second kappa shape index (κ2) is 7.73. The van der Waals surface area contributed by atoms with E-state index in [2.05, 4.69) is 0 Å². The van der Waals surface area contributed by atoms with Crippen molar-refractivity contribution in [2.75, 3.05) is 5.75 Å². The Kier molecular flexibility index (Phi) is 6.01. The molecule has 0 fully saturated rings. The molecule has 11 heteroatoms. The molecule has 2 aromatic carbocycles. The Morgan fingerprint density at radius 3 is 2.41 bits per heavy atom. The number of sulfonamides is 1. The van der Waals surface area contributed by atoms with E-state index in [9.17, 15) is 30.8 Å². The van der Waals surface area contributed by atoms with Gasteiger partial charge in [0.25, 0.3) is 5.91 Å². The predicted octanol–water partition coefficient (Wildman–Crippen LogP) is 4.37. The average molecular weight is 426 g/mol. The summed E-state index contributed by atoms with van der Waals surface area (Å²) >= 11 is 5.69. The average Bonchev–Trinajstić information content (AvgIpc) is 2.57. The van der Waals surface area contributed by atoms with Crippen LogP contribution in [0.15, 0.2) is 36.4 Å². The highest BCUT2D eigenvalue weighted by molar-refractivity contribution is 7.90. The number of ether oxygens (including phenoxy) is 1. The first-order valence-corrected chi connectivity index (χ1v) is 9.35. The zero-order valence-electron chi connectivity index (χ0n) is 13.6. The van der Waals surface area contributed by atoms with Crippen molar-refractivity contribution in [3.63, 3.8) is 0 Å². The minimum atomic E-state index is -4.81. The molecule has 0 atom stereocenters. The third kappa shape index (κ3) is 5.10. The van der Waals surface area contributed by atoms with Gasteiger partial charge in [0.15, 0.2) is 11.6 Å². The van der Waals surface area contributed by atoms with E-state index < -0.39 is 44.3 Å². The number of rotatable bonds is 5. The summed E-state index contributed by atoms with van der Waals surface area (Å²) in [5.74, 6) is -3.83. The topological polar surface area (TPSA) is 72.5 Å². The summed E-state index contributed by atoms with van der Waals surface area (Å²) in [4.78, 5) is 12.1. The molecule has 146 valence electrons. The van der Waals surface area contributed by atoms with Gasteiger partial charge in [-0.15, -0.1) is 0 Å². The number of para-hydroxylation sites is 1. The molecule has 0 unspecified atom stereocenters. The van der Waals surface area contributed by atoms with Gasteiger partial charge in [0, 0.05) is 0 Å². The van der Waals surface area contributed by atoms with Crippen LogP contribution in [-0.2, 0) is 16.2 Å². The van der Waals surface area contributed by atoms with Gasteiger partial charge in [0.1, 0.15) is 5.75 Å². The standard InChI is InChI=1S/C16H12ClF4NO4S/c1-2-27(24,25)22-15(23)10-5-3-4-6-13(10)26-14-11(17)7-9(8-12(14)18)16(19,20)21/h3-8H,2H2,1H3,(H,22,23). The van der Waals surface area contributed by atoms with Gasteiger partial charge in [-0.2, -0.15) is 13.2 Å². The molecule has 0 aliphatic carbocycles. The van der Waals surface area contributed by atoms with Gasteiger partial charge in [-0.25, -0.2) is 17.5 Å². The molecule has 0 radical (unpaired) electrons. The van der Waals surface area contributed by atoms with Gasteiger partial charge in [-0.3, -0.25) is 4.79 Å². The number of hydrogen-bond acceptors (Lipinski definition) is 4. The lowest BCUT2D eigenvalue weighted by Crippen LogP contribution is -2.31. The fourth-order valence-electron chi connectivity index (χ4n) is 1.94. The van der Waals surface area contributed by atoms with Crippen molar-refractivity contribution in [1.29, 1.82) is 0 Å². The van der Waals surface area contributed by atoms with Gasteiger partial charge in [0.05, 0.1) is 21.9 Å². The van der Waals surface area contributed by atoms with Gasteiger partial charge < -0.3 is 4.74 Å². The Hall–Kier alpha value is -2.33. The first-order valence-electron chi connectivity index (χ1n) is 7.32. The number of carbonyl (C=O) groups is 1. The number of alkyl halides is 3. The summed E-state index contributed by atoms with van der Waals surface area (Å²) in [6.07, 6.45) is -4.81. The van der Waals surface area contributed by atoms with Crippen LogP contribution in [0.4, 0.5) is 17.6 Å². The molecule has 1 amide bonds. The SMILES string of the molecule is CCS(=O)(=O)NC(=O)c1ccccc1Oc1c(F)cc(C(F)(F)F)cc1Cl. The van der Waals surface area contributed by atoms with E-state index in [1.807, 2.05) is 0 Å². The van der Waals surface area contributed by atoms with E-state index in [0.717, 1.165) is 0 Å². The van der Waals surface area contributed by atoms with E-state index in [1.54, 1.807) is 4.72 Å². The highest BCUT2D eigenvalue weighted by Gasteiger charge is 2.33. The summed E-state index contributed by atoms with van der Waals surface area (Å²) in [7, 11) is -3.88. The van der Waals surface area contributed by atoms with Crippen LogP contribution in [-0.4, -0.2) is 20.1 Å². The summed E-state index contributed by atoms with van der Waals surface area (Å²) in [6.45, 7) is 1.31. The van der Waals surface area contributed by atoms with Gasteiger partial charge in [0.2, 0.25) is 10.0 Å². The summed E-state index contributed by atoms with van der Waals surface area (Å²) < 4.78 is 82.2. The third-order valence-corrected chi connectivity index (χ3v) is 4.83. The van der Waals surface area contributed by atoms with Crippen LogP contribution in [0.1, 0.15) is 22.8 Å². The Morgan fingerprint density at radius 1 is 1.22 bits per heavy atom. The van der Waals surface area contributed by atoms with E-state index in [-0.39, 0.29) is 23.1 Å². The Balaban J connectivity index is 2.41. The van der Waals surface area contributed by atoms with Crippen molar-refractivity contribution in [3.05, 3.63) is 58.4 Å². The summed E-state index contributed by atoms with van der Waals surface area (Å²) in [5.41, 5.74) is -1.58. The molecule has 2 rings (SSSR count). The normalized spacial score (nSPS) is 11.9. The molecular formula is C16H12ClF4NO4S. The number of nitrogens with one attached hydrogen (secondary N) is 1. The van der Waals surface area contributed by atoms with Crippen LogP contribution >= 0.6 is 11.6 Å². The third-order valence-electron chi connectivity index (χ3n) is 3.30. The van der Waals surface area contributed by atoms with Crippen LogP contribution in [0, 0.1) is 5.82 Å². The van der Waals surface area contributed by atoms with E-state index in [0.29, 0.717) is 6.07 Å². The maximum atomic E-state index is 14.1. The molecule has 1 N–H and O–H groups in total. The van der Waals surface area contributed by atoms with Crippen LogP contribution in [0.3, 0.4) is 0 Å². The van der Waals surface area contributed by atoms with E-state index in [4.69, 9.17) is 16.3 Å². The maximum absolute atomic E-state index is 14.1. The molecule has 27 heavy (non-hydrogen) atoms. The highest BCUT2D eigenvalue weighted by atomic mass is 35.5. The molecule has 5 nitrogen and oxygen atoms in total. The zero-order chi connectivity index (χ0) is 20.4. The van der Waals surface area contributed by atoms with Crippen molar-refractivity contribution in [3.8, 4) is 11.5 Å². The lowest BCUT2D eigenvalue weighted by Gasteiger charge is -2.14. The summed E-state index contributed by atoms with van der Waals surface area (Å²) in [6, 6.07) is 5.88. The van der Waals surface area contributed by atoms with E-state index in [1.165, 1.54) is 31.2 Å². The number of hydrogen-bond donors (Lipinski definition) is 1. The molecule has 0 aliphatic rings. The van der Waals surface area contributed by atoms with Gasteiger partial charge in [-0.05, 0) is 31.2 Å². The monoisotopic (exact) mass is 425 g/mol. The molecule has 0 spiro atoms. The van der Waals surface area contributed by atoms with Crippen molar-refractivity contribution in [1.82, 2.24) is 4.72 Å². The van der Waals surface area contributed by atoms with Crippen LogP contribution in [0.25, 0.3) is 0 Å². The first kappa shape index (κ1) is 21.0. The van der Waals surface area contributed by atoms with Crippen molar-refractivity contribution >= 4 is 27.5 Å². The minimum Gasteiger partial charge on any atom is -0.452 e. The lowest BCUT2D eigenvalue weighted by atomic mass is 10.2. The quantitative estimate of drug-likeness (QED) is 0.722. The molecule has 0 saturated heterocycles. The molecule has 2 aromatic rings. The fourth-order valence-corrected chi connectivity index (χ4v) is 2.73. The van der Waals surface area contributed by atoms with Crippen LogP contribution in [0.2, 0.25) is 5.02 Å². The molecular weight excluding hydrogens is 414 g/mol. The minimum absolute atomic E-state index is 0.200. The fraction of sp³-hybridized carbons (Fsp3) is 0.188. The van der Waals surface area contributed by atoms with Crippen LogP contribution in [0.5, 0.6) is 11.5 Å². The smallest absolute Gasteiger partial charge is 0.416 e. The number of halogens is 5. The maximum Gasteiger partial charge on any atom is 0.416 e. The molecule has 0 aromatic heterocycles. The van der Waals surface area contributed by atoms with E-state index >= 15 is 0 Å². The highest BCUT2D eigenvalue weighted by Crippen LogP contribution is 2.39. The van der Waals surface area contributed by atoms with Gasteiger partial charge in [-0.1, -0.05) is 23.7 Å². The largest absolute Gasteiger partial charge is 0.452 e. The Labute approximate surface area is 156 Å². The molecule has 0 heterocycles. The Bertz CT molecular complexity index is 954. The second-order valence-electron chi connectivity index (χ2n) is 5.20. The summed E-state index contributed by atoms with van der Waals surface area (Å²) in [5, 5.41) is -0.668. The van der Waals surface area contributed by atoms with Crippen molar-refractivity contribution in [2.24, 2.45) is 0 Å². The molecule has 0 bridgehead atoms. The number of amides is 1. The van der Waals surface area contributed by atoms with Crippen molar-refractivity contribution in [2.45, 2.75) is 13.1 Å². The first-order chi connectivity index (χ1) is 12.4. The molecule has 0 saturated carbocycles. The lowest BCUT2D eigenvalue weighted by molar-refractivity contribution is -0.137. The van der Waals surface area contributed by atoms with Gasteiger partial charge >= 0.3 is 6.18 Å². The predicted molar refractivity (Wildman–Crippen MR) is 89.9 cm³/mol. The zero-order valence-corrected chi connectivity index (χ0v) is 15.2. The Morgan fingerprint density at radius 2 is 1.85 bits per heavy atom. The number of carbonyl (C=O) groups excluding carboxylic acids is 1. The number of benzene rings is 2. The molecule has 0 aliphatic heterocycles. The van der Waals surface area contributed by atoms with Crippen molar-refractivity contribution < 1.29 is 35.5 Å². The second-order valence-corrected chi connectivity index (χ2v) is 7.62.